The number of hydrogen-bond donors (Lipinski definition) is 0. The molecule has 0 bridgehead atoms. The lowest BCUT2D eigenvalue weighted by molar-refractivity contribution is 1.01. The molecule has 0 unspecified atom stereocenters. The van der Waals surface area contributed by atoms with E-state index in [9.17, 15) is 0 Å². The normalized spacial score (nSPS) is 11.9. The zero-order valence-electron chi connectivity index (χ0n) is 24.4. The van der Waals surface area contributed by atoms with E-state index in [1.54, 1.807) is 11.3 Å². The van der Waals surface area contributed by atoms with Crippen molar-refractivity contribution >= 4 is 64.2 Å². The Kier molecular flexibility index (Phi) is 5.50. The van der Waals surface area contributed by atoms with E-state index in [1.807, 2.05) is 0 Å². The second-order valence-corrected chi connectivity index (χ2v) is 12.5. The standard InChI is InChI=1S/C40H27N3S/c1-24-14-6-7-17-27(24)34-25(2)38-35(29-19-9-8-18-28(29)34)30-20-10-12-22-32(30)43(38)40-41-37(26-15-4-3-5-16-26)36-31-21-11-13-23-33(31)44-39(36)42-40/h3-23H,1-2H3. The van der Waals surface area contributed by atoms with Crippen molar-refractivity contribution in [3.8, 4) is 28.3 Å². The second kappa shape index (κ2) is 9.60. The van der Waals surface area contributed by atoms with E-state index in [0.29, 0.717) is 5.95 Å². The molecular formula is C40H27N3S. The summed E-state index contributed by atoms with van der Waals surface area (Å²) in [4.78, 5) is 11.8. The van der Waals surface area contributed by atoms with Gasteiger partial charge in [0.1, 0.15) is 4.83 Å². The lowest BCUT2D eigenvalue weighted by Gasteiger charge is -2.17. The molecule has 9 rings (SSSR count). The van der Waals surface area contributed by atoms with Crippen LogP contribution in [0.4, 0.5) is 0 Å². The maximum absolute atomic E-state index is 5.44. The summed E-state index contributed by atoms with van der Waals surface area (Å²) in [5, 5.41) is 7.27. The average Bonchev–Trinajstić information content (AvgIpc) is 3.62. The molecule has 0 radical (unpaired) electrons. The summed E-state index contributed by atoms with van der Waals surface area (Å²) in [5.74, 6) is 0.697. The molecule has 4 heteroatoms. The first kappa shape index (κ1) is 25.2. The Hall–Kier alpha value is -5.32. The van der Waals surface area contributed by atoms with E-state index >= 15 is 0 Å². The van der Waals surface area contributed by atoms with Crippen molar-refractivity contribution < 1.29 is 0 Å². The van der Waals surface area contributed by atoms with Gasteiger partial charge in [-0.25, -0.2) is 9.97 Å². The van der Waals surface area contributed by atoms with Crippen molar-refractivity contribution in [1.29, 1.82) is 0 Å². The molecule has 6 aromatic carbocycles. The van der Waals surface area contributed by atoms with E-state index in [2.05, 4.69) is 146 Å². The van der Waals surface area contributed by atoms with Gasteiger partial charge in [-0.3, -0.25) is 4.57 Å². The quantitative estimate of drug-likeness (QED) is 0.208. The maximum Gasteiger partial charge on any atom is 0.236 e. The van der Waals surface area contributed by atoms with Gasteiger partial charge in [-0.2, -0.15) is 0 Å². The first-order valence-corrected chi connectivity index (χ1v) is 15.8. The molecule has 44 heavy (non-hydrogen) atoms. The van der Waals surface area contributed by atoms with Crippen molar-refractivity contribution in [2.75, 3.05) is 0 Å². The molecule has 0 aliphatic carbocycles. The van der Waals surface area contributed by atoms with Crippen LogP contribution in [-0.4, -0.2) is 14.5 Å². The first-order chi connectivity index (χ1) is 21.7. The highest BCUT2D eigenvalue weighted by atomic mass is 32.1. The highest BCUT2D eigenvalue weighted by molar-refractivity contribution is 7.25. The number of para-hydroxylation sites is 1. The van der Waals surface area contributed by atoms with Crippen LogP contribution in [0.1, 0.15) is 11.1 Å². The van der Waals surface area contributed by atoms with Gasteiger partial charge in [0.2, 0.25) is 5.95 Å². The molecular weight excluding hydrogens is 555 g/mol. The molecule has 208 valence electrons. The van der Waals surface area contributed by atoms with Crippen molar-refractivity contribution in [2.45, 2.75) is 13.8 Å². The minimum atomic E-state index is 0.697. The summed E-state index contributed by atoms with van der Waals surface area (Å²) in [6.45, 7) is 4.47. The summed E-state index contributed by atoms with van der Waals surface area (Å²) in [5.41, 5.74) is 9.33. The Morgan fingerprint density at radius 3 is 2.05 bits per heavy atom. The van der Waals surface area contributed by atoms with E-state index < -0.39 is 0 Å². The number of hydrogen-bond acceptors (Lipinski definition) is 3. The predicted octanol–water partition coefficient (Wildman–Crippen LogP) is 11.0. The van der Waals surface area contributed by atoms with E-state index in [4.69, 9.17) is 9.97 Å². The van der Waals surface area contributed by atoms with E-state index in [1.165, 1.54) is 53.9 Å². The van der Waals surface area contributed by atoms with Gasteiger partial charge >= 0.3 is 0 Å². The van der Waals surface area contributed by atoms with Crippen LogP contribution in [0, 0.1) is 13.8 Å². The van der Waals surface area contributed by atoms with Gasteiger partial charge in [-0.05, 0) is 59.0 Å². The number of aryl methyl sites for hydroxylation is 2. The van der Waals surface area contributed by atoms with Crippen LogP contribution in [0.3, 0.4) is 0 Å². The zero-order chi connectivity index (χ0) is 29.4. The smallest absolute Gasteiger partial charge is 0.236 e. The predicted molar refractivity (Wildman–Crippen MR) is 187 cm³/mol. The van der Waals surface area contributed by atoms with Gasteiger partial charge in [0.05, 0.1) is 16.7 Å². The fourth-order valence-corrected chi connectivity index (χ4v) is 8.10. The van der Waals surface area contributed by atoms with Gasteiger partial charge in [0, 0.05) is 31.8 Å². The first-order valence-electron chi connectivity index (χ1n) is 14.9. The van der Waals surface area contributed by atoms with Crippen LogP contribution >= 0.6 is 11.3 Å². The Morgan fingerprint density at radius 2 is 1.23 bits per heavy atom. The minimum Gasteiger partial charge on any atom is -0.278 e. The van der Waals surface area contributed by atoms with Crippen LogP contribution in [0.2, 0.25) is 0 Å². The van der Waals surface area contributed by atoms with Crippen LogP contribution in [0.25, 0.3) is 81.2 Å². The van der Waals surface area contributed by atoms with Crippen LogP contribution < -0.4 is 0 Å². The molecule has 3 heterocycles. The molecule has 3 aromatic heterocycles. The average molecular weight is 582 g/mol. The summed E-state index contributed by atoms with van der Waals surface area (Å²) in [7, 11) is 0. The van der Waals surface area contributed by atoms with Gasteiger partial charge in [0.15, 0.2) is 0 Å². The lowest BCUT2D eigenvalue weighted by atomic mass is 9.89. The Bertz CT molecular complexity index is 2570. The number of rotatable bonds is 3. The summed E-state index contributed by atoms with van der Waals surface area (Å²) >= 11 is 1.74. The molecule has 0 aliphatic rings. The van der Waals surface area contributed by atoms with Crippen LogP contribution in [-0.2, 0) is 0 Å². The number of nitrogens with zero attached hydrogens (tertiary/aromatic N) is 3. The van der Waals surface area contributed by atoms with E-state index in [-0.39, 0.29) is 0 Å². The highest BCUT2D eigenvalue weighted by Crippen LogP contribution is 2.45. The molecule has 0 aliphatic heterocycles. The number of fused-ring (bicyclic) bond motifs is 8. The minimum absolute atomic E-state index is 0.697. The number of aromatic nitrogens is 3. The Balaban J connectivity index is 1.49. The molecule has 0 fully saturated rings. The monoisotopic (exact) mass is 581 g/mol. The third kappa shape index (κ3) is 3.55. The van der Waals surface area contributed by atoms with Crippen LogP contribution in [0.5, 0.6) is 0 Å². The highest BCUT2D eigenvalue weighted by Gasteiger charge is 2.24. The molecule has 0 saturated heterocycles. The number of thiophene rings is 1. The Morgan fingerprint density at radius 1 is 0.568 bits per heavy atom. The fraction of sp³-hybridized carbons (Fsp3) is 0.0500. The van der Waals surface area contributed by atoms with Crippen molar-refractivity contribution in [3.63, 3.8) is 0 Å². The Labute approximate surface area is 258 Å². The summed E-state index contributed by atoms with van der Waals surface area (Å²) in [6.07, 6.45) is 0. The molecule has 0 N–H and O–H groups in total. The van der Waals surface area contributed by atoms with Crippen molar-refractivity contribution in [3.05, 3.63) is 139 Å². The van der Waals surface area contributed by atoms with Crippen LogP contribution in [0.15, 0.2) is 127 Å². The molecule has 0 atom stereocenters. The van der Waals surface area contributed by atoms with Gasteiger partial charge in [-0.1, -0.05) is 115 Å². The molecule has 0 saturated carbocycles. The maximum atomic E-state index is 5.44. The molecule has 0 spiro atoms. The van der Waals surface area contributed by atoms with Gasteiger partial charge in [-0.15, -0.1) is 11.3 Å². The second-order valence-electron chi connectivity index (χ2n) is 11.5. The summed E-state index contributed by atoms with van der Waals surface area (Å²) < 4.78 is 3.53. The SMILES string of the molecule is Cc1ccccc1-c1c(C)c2c(c3ccccc13)c1ccccc1n2-c1nc(-c2ccccc2)c2c(n1)sc1ccccc12. The van der Waals surface area contributed by atoms with Gasteiger partial charge < -0.3 is 0 Å². The topological polar surface area (TPSA) is 30.7 Å². The fourth-order valence-electron chi connectivity index (χ4n) is 7.03. The van der Waals surface area contributed by atoms with Crippen molar-refractivity contribution in [1.82, 2.24) is 14.5 Å². The summed E-state index contributed by atoms with van der Waals surface area (Å²) in [6, 6.07) is 45.3. The zero-order valence-corrected chi connectivity index (χ0v) is 25.2. The lowest BCUT2D eigenvalue weighted by Crippen LogP contribution is -2.04. The molecule has 9 aromatic rings. The van der Waals surface area contributed by atoms with Crippen molar-refractivity contribution in [2.24, 2.45) is 0 Å². The number of benzene rings is 6. The van der Waals surface area contributed by atoms with E-state index in [0.717, 1.165) is 32.5 Å². The largest absolute Gasteiger partial charge is 0.278 e. The third-order valence-electron chi connectivity index (χ3n) is 8.96. The third-order valence-corrected chi connectivity index (χ3v) is 10.0. The molecule has 0 amide bonds. The van der Waals surface area contributed by atoms with Gasteiger partial charge in [0.25, 0.3) is 0 Å². The molecule has 3 nitrogen and oxygen atoms in total.